The van der Waals surface area contributed by atoms with Crippen molar-refractivity contribution in [3.63, 3.8) is 0 Å². The van der Waals surface area contributed by atoms with Gasteiger partial charge >= 0.3 is 0 Å². The summed E-state index contributed by atoms with van der Waals surface area (Å²) in [5.74, 6) is -0.190. The molecule has 0 aliphatic carbocycles. The molecule has 1 nitrogen and oxygen atoms in total. The maximum Gasteiger partial charge on any atom is 0.128 e. The summed E-state index contributed by atoms with van der Waals surface area (Å²) >= 11 is 0. The Labute approximate surface area is 84.5 Å². The zero-order chi connectivity index (χ0) is 9.14. The number of hydrogen-bond donors (Lipinski definition) is 1. The molecule has 0 fully saturated rings. The molecule has 0 saturated carbocycles. The number of nitrogens with two attached hydrogens (primary N) is 1. The van der Waals surface area contributed by atoms with Gasteiger partial charge in [0.2, 0.25) is 0 Å². The van der Waals surface area contributed by atoms with Gasteiger partial charge < -0.3 is 5.73 Å². The Morgan fingerprint density at radius 3 is 2.54 bits per heavy atom. The number of benzene rings is 1. The third kappa shape index (κ3) is 2.98. The lowest BCUT2D eigenvalue weighted by Gasteiger charge is -2.10. The fraction of sp³-hybridized carbons (Fsp3) is 0.400. The zero-order valence-electron chi connectivity index (χ0n) is 7.88. The number of hydrogen-bond acceptors (Lipinski definition) is 1. The van der Waals surface area contributed by atoms with Gasteiger partial charge in [-0.05, 0) is 25.0 Å². The standard InChI is InChI=1S/C10H14FN.ClH/c1-3-10(12)8-5-4-7(2)6-9(8)11;/h4-6,10H,3,12H2,1-2H3;1H/t10-;/m0./s1. The maximum atomic E-state index is 13.2. The van der Waals surface area contributed by atoms with E-state index in [9.17, 15) is 4.39 Å². The van der Waals surface area contributed by atoms with Crippen LogP contribution >= 0.6 is 12.4 Å². The summed E-state index contributed by atoms with van der Waals surface area (Å²) in [5.41, 5.74) is 7.25. The van der Waals surface area contributed by atoms with Crippen LogP contribution in [0.3, 0.4) is 0 Å². The Bertz CT molecular complexity index is 276. The van der Waals surface area contributed by atoms with Crippen LogP contribution in [0.5, 0.6) is 0 Å². The van der Waals surface area contributed by atoms with Gasteiger partial charge in [0.15, 0.2) is 0 Å². The lowest BCUT2D eigenvalue weighted by atomic mass is 10.0. The van der Waals surface area contributed by atoms with Gasteiger partial charge in [-0.25, -0.2) is 4.39 Å². The Morgan fingerprint density at radius 1 is 1.46 bits per heavy atom. The van der Waals surface area contributed by atoms with Crippen molar-refractivity contribution < 1.29 is 4.39 Å². The van der Waals surface area contributed by atoms with Crippen molar-refractivity contribution in [2.45, 2.75) is 26.3 Å². The molecule has 0 spiro atoms. The van der Waals surface area contributed by atoms with Crippen LogP contribution in [-0.4, -0.2) is 0 Å². The van der Waals surface area contributed by atoms with Crippen molar-refractivity contribution >= 4 is 12.4 Å². The van der Waals surface area contributed by atoms with E-state index >= 15 is 0 Å². The summed E-state index contributed by atoms with van der Waals surface area (Å²) < 4.78 is 13.2. The van der Waals surface area contributed by atoms with E-state index in [-0.39, 0.29) is 24.3 Å². The van der Waals surface area contributed by atoms with Crippen LogP contribution in [0.15, 0.2) is 18.2 Å². The van der Waals surface area contributed by atoms with E-state index in [4.69, 9.17) is 5.73 Å². The molecular weight excluding hydrogens is 189 g/mol. The Kier molecular flexibility index (Phi) is 4.96. The first-order valence-electron chi connectivity index (χ1n) is 4.16. The minimum absolute atomic E-state index is 0. The number of aryl methyl sites for hydroxylation is 1. The third-order valence-corrected chi connectivity index (χ3v) is 2.00. The lowest BCUT2D eigenvalue weighted by Crippen LogP contribution is -2.10. The highest BCUT2D eigenvalue weighted by molar-refractivity contribution is 5.85. The van der Waals surface area contributed by atoms with Gasteiger partial charge in [-0.3, -0.25) is 0 Å². The smallest absolute Gasteiger partial charge is 0.128 e. The van der Waals surface area contributed by atoms with Crippen molar-refractivity contribution in [3.8, 4) is 0 Å². The first kappa shape index (κ1) is 12.4. The molecular formula is C10H15ClFN. The highest BCUT2D eigenvalue weighted by Gasteiger charge is 2.08. The summed E-state index contributed by atoms with van der Waals surface area (Å²) in [4.78, 5) is 0. The van der Waals surface area contributed by atoms with E-state index in [0.717, 1.165) is 12.0 Å². The van der Waals surface area contributed by atoms with Crippen LogP contribution in [-0.2, 0) is 0 Å². The SMILES string of the molecule is CC[C@H](N)c1ccc(C)cc1F.Cl. The van der Waals surface area contributed by atoms with Crippen LogP contribution in [0.2, 0.25) is 0 Å². The summed E-state index contributed by atoms with van der Waals surface area (Å²) in [6.45, 7) is 3.81. The summed E-state index contributed by atoms with van der Waals surface area (Å²) in [5, 5.41) is 0. The van der Waals surface area contributed by atoms with Gasteiger partial charge in [0, 0.05) is 11.6 Å². The molecule has 0 radical (unpaired) electrons. The minimum Gasteiger partial charge on any atom is -0.324 e. The molecule has 0 unspecified atom stereocenters. The fourth-order valence-electron chi connectivity index (χ4n) is 1.15. The van der Waals surface area contributed by atoms with Crippen molar-refractivity contribution in [1.29, 1.82) is 0 Å². The minimum atomic E-state index is -0.190. The predicted octanol–water partition coefficient (Wildman–Crippen LogP) is 2.97. The highest BCUT2D eigenvalue weighted by Crippen LogP contribution is 2.18. The number of halogens is 2. The quantitative estimate of drug-likeness (QED) is 0.786. The Hall–Kier alpha value is -0.600. The van der Waals surface area contributed by atoms with Gasteiger partial charge in [0.05, 0.1) is 0 Å². The van der Waals surface area contributed by atoms with Crippen molar-refractivity contribution in [2.24, 2.45) is 5.73 Å². The molecule has 13 heavy (non-hydrogen) atoms. The predicted molar refractivity (Wildman–Crippen MR) is 55.6 cm³/mol. The van der Waals surface area contributed by atoms with E-state index in [1.807, 2.05) is 19.9 Å². The Balaban J connectivity index is 0.00000144. The molecule has 2 N–H and O–H groups in total. The average molecular weight is 204 g/mol. The second-order valence-electron chi connectivity index (χ2n) is 3.04. The summed E-state index contributed by atoms with van der Waals surface area (Å²) in [6.07, 6.45) is 0.764. The second-order valence-corrected chi connectivity index (χ2v) is 3.04. The fourth-order valence-corrected chi connectivity index (χ4v) is 1.15. The first-order valence-corrected chi connectivity index (χ1v) is 4.16. The van der Waals surface area contributed by atoms with E-state index < -0.39 is 0 Å². The second kappa shape index (κ2) is 5.20. The van der Waals surface area contributed by atoms with Crippen LogP contribution in [0, 0.1) is 12.7 Å². The van der Waals surface area contributed by atoms with E-state index in [2.05, 4.69) is 0 Å². The monoisotopic (exact) mass is 203 g/mol. The third-order valence-electron chi connectivity index (χ3n) is 2.00. The molecule has 0 amide bonds. The molecule has 0 aliphatic rings. The normalized spacial score (nSPS) is 12.0. The first-order chi connectivity index (χ1) is 5.65. The van der Waals surface area contributed by atoms with E-state index in [1.165, 1.54) is 6.07 Å². The van der Waals surface area contributed by atoms with Gasteiger partial charge in [0.25, 0.3) is 0 Å². The maximum absolute atomic E-state index is 13.2. The van der Waals surface area contributed by atoms with Crippen LogP contribution in [0.4, 0.5) is 4.39 Å². The summed E-state index contributed by atoms with van der Waals surface area (Å²) in [6, 6.07) is 4.99. The van der Waals surface area contributed by atoms with Crippen molar-refractivity contribution in [1.82, 2.24) is 0 Å². The zero-order valence-corrected chi connectivity index (χ0v) is 8.70. The summed E-state index contributed by atoms with van der Waals surface area (Å²) in [7, 11) is 0. The highest BCUT2D eigenvalue weighted by atomic mass is 35.5. The van der Waals surface area contributed by atoms with Gasteiger partial charge in [0.1, 0.15) is 5.82 Å². The Morgan fingerprint density at radius 2 is 2.08 bits per heavy atom. The van der Waals surface area contributed by atoms with Crippen LogP contribution in [0.25, 0.3) is 0 Å². The molecule has 3 heteroatoms. The topological polar surface area (TPSA) is 26.0 Å². The molecule has 0 aromatic heterocycles. The van der Waals surface area contributed by atoms with Crippen LogP contribution < -0.4 is 5.73 Å². The molecule has 0 aliphatic heterocycles. The van der Waals surface area contributed by atoms with Gasteiger partial charge in [-0.1, -0.05) is 19.1 Å². The molecule has 1 aromatic carbocycles. The van der Waals surface area contributed by atoms with Gasteiger partial charge in [-0.2, -0.15) is 0 Å². The molecule has 0 saturated heterocycles. The molecule has 1 atom stereocenters. The largest absolute Gasteiger partial charge is 0.324 e. The molecule has 74 valence electrons. The molecule has 1 rings (SSSR count). The van der Waals surface area contributed by atoms with E-state index in [0.29, 0.717) is 5.56 Å². The molecule has 1 aromatic rings. The number of rotatable bonds is 2. The van der Waals surface area contributed by atoms with Gasteiger partial charge in [-0.15, -0.1) is 12.4 Å². The molecule has 0 bridgehead atoms. The lowest BCUT2D eigenvalue weighted by molar-refractivity contribution is 0.574. The average Bonchev–Trinajstić information content (AvgIpc) is 2.03. The van der Waals surface area contributed by atoms with Crippen LogP contribution in [0.1, 0.15) is 30.5 Å². The molecule has 0 heterocycles. The van der Waals surface area contributed by atoms with E-state index in [1.54, 1.807) is 6.07 Å². The van der Waals surface area contributed by atoms with Crippen molar-refractivity contribution in [2.75, 3.05) is 0 Å². The van der Waals surface area contributed by atoms with Crippen molar-refractivity contribution in [3.05, 3.63) is 35.1 Å².